The summed E-state index contributed by atoms with van der Waals surface area (Å²) < 4.78 is 15.4. The quantitative estimate of drug-likeness (QED) is 0.534. The van der Waals surface area contributed by atoms with Crippen LogP contribution in [-0.4, -0.2) is 52.4 Å². The number of rotatable bonds is 5. The van der Waals surface area contributed by atoms with E-state index in [4.69, 9.17) is 14.2 Å². The molecule has 0 fully saturated rings. The highest BCUT2D eigenvalue weighted by Gasteiger charge is 2.40. The summed E-state index contributed by atoms with van der Waals surface area (Å²) in [6.07, 6.45) is 2.96. The first-order valence-electron chi connectivity index (χ1n) is 9.24. The number of carbonyl (C=O) groups excluding carboxylic acids is 3. The fourth-order valence-electron chi connectivity index (χ4n) is 2.19. The molecule has 0 spiro atoms. The summed E-state index contributed by atoms with van der Waals surface area (Å²) in [4.78, 5) is 42.7. The second-order valence-corrected chi connectivity index (χ2v) is 8.26. The molecule has 0 saturated heterocycles. The maximum absolute atomic E-state index is 12.7. The summed E-state index contributed by atoms with van der Waals surface area (Å²) >= 11 is 0. The minimum atomic E-state index is -1.26. The minimum Gasteiger partial charge on any atom is -0.467 e. The van der Waals surface area contributed by atoms with Crippen LogP contribution in [0.5, 0.6) is 0 Å². The summed E-state index contributed by atoms with van der Waals surface area (Å²) in [5, 5.41) is 0. The van der Waals surface area contributed by atoms with Gasteiger partial charge in [-0.1, -0.05) is 12.1 Å². The SMILES string of the molecule is COC(=O)[C@@H](C/C=C\c1ccccn1)N(C(=O)OC(C)(C)C)C(=O)OC(C)(C)C. The summed E-state index contributed by atoms with van der Waals surface area (Å²) in [7, 11) is 1.18. The van der Waals surface area contributed by atoms with Crippen LogP contribution in [0.15, 0.2) is 30.5 Å². The minimum absolute atomic E-state index is 0.00172. The van der Waals surface area contributed by atoms with Crippen molar-refractivity contribution < 1.29 is 28.6 Å². The summed E-state index contributed by atoms with van der Waals surface area (Å²) in [5.74, 6) is -0.771. The zero-order valence-electron chi connectivity index (χ0n) is 18.1. The van der Waals surface area contributed by atoms with Crippen molar-refractivity contribution in [3.05, 3.63) is 36.2 Å². The average Bonchev–Trinajstić information content (AvgIpc) is 2.57. The second-order valence-electron chi connectivity index (χ2n) is 8.26. The van der Waals surface area contributed by atoms with Crippen molar-refractivity contribution in [3.8, 4) is 0 Å². The van der Waals surface area contributed by atoms with Crippen molar-refractivity contribution in [1.29, 1.82) is 0 Å². The van der Waals surface area contributed by atoms with Crippen LogP contribution in [0.4, 0.5) is 9.59 Å². The highest BCUT2D eigenvalue weighted by atomic mass is 16.6. The third kappa shape index (κ3) is 8.76. The summed E-state index contributed by atoms with van der Waals surface area (Å²) in [5.41, 5.74) is -1.08. The molecular weight excluding hydrogens is 376 g/mol. The topological polar surface area (TPSA) is 95.0 Å². The Labute approximate surface area is 171 Å². The van der Waals surface area contributed by atoms with Gasteiger partial charge in [-0.25, -0.2) is 14.4 Å². The number of hydrogen-bond acceptors (Lipinski definition) is 7. The fourth-order valence-corrected chi connectivity index (χ4v) is 2.19. The van der Waals surface area contributed by atoms with Crippen LogP contribution in [0.25, 0.3) is 6.08 Å². The largest absolute Gasteiger partial charge is 0.467 e. The van der Waals surface area contributed by atoms with E-state index in [-0.39, 0.29) is 6.42 Å². The molecular formula is C21H30N2O6. The number of amides is 2. The van der Waals surface area contributed by atoms with Crippen LogP contribution in [0.2, 0.25) is 0 Å². The number of methoxy groups -OCH3 is 1. The molecule has 1 heterocycles. The number of hydrogen-bond donors (Lipinski definition) is 0. The van der Waals surface area contributed by atoms with E-state index in [1.807, 2.05) is 6.07 Å². The lowest BCUT2D eigenvalue weighted by molar-refractivity contribution is -0.146. The van der Waals surface area contributed by atoms with Crippen LogP contribution >= 0.6 is 0 Å². The third-order valence-corrected chi connectivity index (χ3v) is 3.30. The zero-order chi connectivity index (χ0) is 22.2. The highest BCUT2D eigenvalue weighted by molar-refractivity contribution is 5.94. The van der Waals surface area contributed by atoms with E-state index in [0.717, 1.165) is 0 Å². The lowest BCUT2D eigenvalue weighted by Crippen LogP contribution is -2.52. The van der Waals surface area contributed by atoms with Crippen LogP contribution in [-0.2, 0) is 19.0 Å². The van der Waals surface area contributed by atoms with Crippen molar-refractivity contribution in [1.82, 2.24) is 9.88 Å². The Balaban J connectivity index is 3.20. The molecule has 0 aliphatic rings. The molecule has 0 saturated carbocycles. The van der Waals surface area contributed by atoms with Crippen LogP contribution in [0.3, 0.4) is 0 Å². The third-order valence-electron chi connectivity index (χ3n) is 3.30. The van der Waals surface area contributed by atoms with E-state index < -0.39 is 35.4 Å². The number of carbonyl (C=O) groups is 3. The number of nitrogens with zero attached hydrogens (tertiary/aromatic N) is 2. The molecule has 1 rings (SSSR count). The Kier molecular flexibility index (Phi) is 8.36. The predicted molar refractivity (Wildman–Crippen MR) is 108 cm³/mol. The van der Waals surface area contributed by atoms with E-state index >= 15 is 0 Å². The van der Waals surface area contributed by atoms with E-state index in [1.54, 1.807) is 72.0 Å². The van der Waals surface area contributed by atoms with Gasteiger partial charge < -0.3 is 14.2 Å². The predicted octanol–water partition coefficient (Wildman–Crippen LogP) is 4.20. The number of ether oxygens (including phenoxy) is 3. The van der Waals surface area contributed by atoms with Gasteiger partial charge in [-0.3, -0.25) is 4.98 Å². The second kappa shape index (κ2) is 10.0. The number of esters is 1. The zero-order valence-corrected chi connectivity index (χ0v) is 18.1. The summed E-state index contributed by atoms with van der Waals surface area (Å²) in [6.45, 7) is 9.95. The number of imide groups is 1. The monoisotopic (exact) mass is 406 g/mol. The molecule has 0 aliphatic heterocycles. The van der Waals surface area contributed by atoms with Crippen molar-refractivity contribution in [2.24, 2.45) is 0 Å². The molecule has 0 aromatic carbocycles. The molecule has 0 bridgehead atoms. The molecule has 0 radical (unpaired) electrons. The molecule has 1 atom stereocenters. The first-order chi connectivity index (χ1) is 13.3. The van der Waals surface area contributed by atoms with Gasteiger partial charge in [0.15, 0.2) is 0 Å². The van der Waals surface area contributed by atoms with Gasteiger partial charge in [0, 0.05) is 6.20 Å². The Morgan fingerprint density at radius 2 is 1.59 bits per heavy atom. The van der Waals surface area contributed by atoms with Gasteiger partial charge in [-0.05, 0) is 66.2 Å². The maximum atomic E-state index is 12.7. The molecule has 8 heteroatoms. The highest BCUT2D eigenvalue weighted by Crippen LogP contribution is 2.19. The fraction of sp³-hybridized carbons (Fsp3) is 0.524. The Morgan fingerprint density at radius 1 is 1.03 bits per heavy atom. The number of aromatic nitrogens is 1. The molecule has 0 unspecified atom stereocenters. The molecule has 0 aliphatic carbocycles. The van der Waals surface area contributed by atoms with E-state index in [1.165, 1.54) is 7.11 Å². The van der Waals surface area contributed by atoms with Crippen molar-refractivity contribution >= 4 is 24.2 Å². The molecule has 29 heavy (non-hydrogen) atoms. The van der Waals surface area contributed by atoms with Crippen molar-refractivity contribution in [2.75, 3.05) is 7.11 Å². The smallest absolute Gasteiger partial charge is 0.420 e. The van der Waals surface area contributed by atoms with E-state index in [2.05, 4.69) is 4.98 Å². The lowest BCUT2D eigenvalue weighted by atomic mass is 10.1. The molecule has 2 amide bonds. The average molecular weight is 406 g/mol. The van der Waals surface area contributed by atoms with Gasteiger partial charge in [0.05, 0.1) is 12.8 Å². The summed E-state index contributed by atoms with van der Waals surface area (Å²) in [6, 6.07) is 4.12. The van der Waals surface area contributed by atoms with E-state index in [0.29, 0.717) is 10.6 Å². The molecule has 1 aromatic rings. The first kappa shape index (κ1) is 24.1. The van der Waals surface area contributed by atoms with Gasteiger partial charge in [0.2, 0.25) is 0 Å². The molecule has 1 aromatic heterocycles. The standard InChI is InChI=1S/C21H30N2O6/c1-20(2,3)28-18(25)23(19(26)29-21(4,5)6)16(17(24)27-7)13-10-12-15-11-8-9-14-22-15/h8-12,14,16H,13H2,1-7H3/b12-10-/t16-/m1/s1. The van der Waals surface area contributed by atoms with Gasteiger partial charge >= 0.3 is 18.2 Å². The van der Waals surface area contributed by atoms with Crippen LogP contribution in [0.1, 0.15) is 53.7 Å². The van der Waals surface area contributed by atoms with Gasteiger partial charge in [0.25, 0.3) is 0 Å². The maximum Gasteiger partial charge on any atom is 0.420 e. The van der Waals surface area contributed by atoms with Gasteiger partial charge in [0.1, 0.15) is 17.2 Å². The van der Waals surface area contributed by atoms with E-state index in [9.17, 15) is 14.4 Å². The number of pyridine rings is 1. The Bertz CT molecular complexity index is 704. The van der Waals surface area contributed by atoms with Crippen molar-refractivity contribution in [3.63, 3.8) is 0 Å². The van der Waals surface area contributed by atoms with Crippen LogP contribution < -0.4 is 0 Å². The lowest BCUT2D eigenvalue weighted by Gasteiger charge is -2.31. The Hall–Kier alpha value is -2.90. The molecule has 0 N–H and O–H groups in total. The molecule has 160 valence electrons. The molecule has 8 nitrogen and oxygen atoms in total. The Morgan fingerprint density at radius 3 is 2.00 bits per heavy atom. The van der Waals surface area contributed by atoms with Gasteiger partial charge in [-0.2, -0.15) is 4.90 Å². The first-order valence-corrected chi connectivity index (χ1v) is 9.24. The van der Waals surface area contributed by atoms with Crippen molar-refractivity contribution in [2.45, 2.75) is 65.2 Å². The van der Waals surface area contributed by atoms with Gasteiger partial charge in [-0.15, -0.1) is 0 Å². The van der Waals surface area contributed by atoms with Crippen LogP contribution in [0, 0.1) is 0 Å². The normalized spacial score (nSPS) is 12.9.